The molecule has 0 aromatic heterocycles. The second-order valence-corrected chi connectivity index (χ2v) is 4.54. The Balaban J connectivity index is 0.00000288. The summed E-state index contributed by atoms with van der Waals surface area (Å²) in [6.07, 6.45) is -4.76. The van der Waals surface area contributed by atoms with Gasteiger partial charge in [-0.2, -0.15) is 8.78 Å². The van der Waals surface area contributed by atoms with Crippen LogP contribution >= 0.6 is 12.4 Å². The average Bonchev–Trinajstić information content (AvgIpc) is 2.46. The third-order valence-corrected chi connectivity index (χ3v) is 2.94. The van der Waals surface area contributed by atoms with Crippen molar-refractivity contribution in [1.29, 1.82) is 0 Å². The molecule has 0 radical (unpaired) electrons. The molecule has 1 atom stereocenters. The summed E-state index contributed by atoms with van der Waals surface area (Å²) in [5.74, 6) is -0.362. The van der Waals surface area contributed by atoms with E-state index in [0.717, 1.165) is 12.1 Å². The molecular weight excluding hydrogens is 357 g/mol. The summed E-state index contributed by atoms with van der Waals surface area (Å²) < 4.78 is 68.4. The van der Waals surface area contributed by atoms with E-state index in [-0.39, 0.29) is 23.9 Å². The highest BCUT2D eigenvalue weighted by atomic mass is 35.5. The zero-order chi connectivity index (χ0) is 17.0. The molecule has 0 unspecified atom stereocenters. The first-order valence-corrected chi connectivity index (χ1v) is 6.40. The Labute approximate surface area is 140 Å². The monoisotopic (exact) mass is 369 g/mol. The van der Waals surface area contributed by atoms with Crippen molar-refractivity contribution in [3.8, 4) is 11.5 Å². The van der Waals surface area contributed by atoms with Crippen LogP contribution in [0.4, 0.5) is 22.0 Å². The van der Waals surface area contributed by atoms with Crippen LogP contribution in [0.3, 0.4) is 0 Å². The lowest BCUT2D eigenvalue weighted by Gasteiger charge is -2.14. The molecule has 24 heavy (non-hydrogen) atoms. The maximum Gasteiger partial charge on any atom is 0.573 e. The Kier molecular flexibility index (Phi) is 6.80. The number of halogens is 6. The molecule has 3 nitrogen and oxygen atoms in total. The minimum absolute atomic E-state index is 0. The molecule has 0 aliphatic rings. The molecule has 0 saturated carbocycles. The van der Waals surface area contributed by atoms with Crippen LogP contribution in [0.1, 0.15) is 17.2 Å². The fraction of sp³-hybridized carbons (Fsp3) is 0.200. The van der Waals surface area contributed by atoms with E-state index in [4.69, 9.17) is 5.73 Å². The maximum atomic E-state index is 12.1. The van der Waals surface area contributed by atoms with Gasteiger partial charge in [0.1, 0.15) is 11.5 Å². The van der Waals surface area contributed by atoms with Gasteiger partial charge in [-0.05, 0) is 35.4 Å². The van der Waals surface area contributed by atoms with E-state index in [9.17, 15) is 22.0 Å². The van der Waals surface area contributed by atoms with Crippen LogP contribution in [0.2, 0.25) is 0 Å². The van der Waals surface area contributed by atoms with Gasteiger partial charge in [-0.1, -0.05) is 24.3 Å². The van der Waals surface area contributed by atoms with E-state index in [0.29, 0.717) is 11.1 Å². The van der Waals surface area contributed by atoms with Crippen molar-refractivity contribution in [2.45, 2.75) is 19.0 Å². The van der Waals surface area contributed by atoms with Gasteiger partial charge in [-0.25, -0.2) is 0 Å². The molecule has 0 bridgehead atoms. The molecule has 2 aromatic carbocycles. The topological polar surface area (TPSA) is 44.5 Å². The van der Waals surface area contributed by atoms with Crippen LogP contribution in [-0.4, -0.2) is 13.0 Å². The summed E-state index contributed by atoms with van der Waals surface area (Å²) >= 11 is 0. The first-order valence-electron chi connectivity index (χ1n) is 6.40. The summed E-state index contributed by atoms with van der Waals surface area (Å²) in [5.41, 5.74) is 7.13. The molecule has 0 saturated heterocycles. The number of alkyl halides is 5. The van der Waals surface area contributed by atoms with Gasteiger partial charge in [-0.15, -0.1) is 25.6 Å². The van der Waals surface area contributed by atoms with E-state index < -0.39 is 19.0 Å². The summed E-state index contributed by atoms with van der Waals surface area (Å²) in [4.78, 5) is 0. The number of benzene rings is 2. The Bertz CT molecular complexity index is 632. The summed E-state index contributed by atoms with van der Waals surface area (Å²) in [7, 11) is 0. The SMILES string of the molecule is Cl.N[C@H](c1ccc(OC(F)F)cc1)c1ccc(OC(F)(F)F)cc1. The molecule has 132 valence electrons. The van der Waals surface area contributed by atoms with Crippen LogP contribution in [-0.2, 0) is 0 Å². The lowest BCUT2D eigenvalue weighted by molar-refractivity contribution is -0.274. The summed E-state index contributed by atoms with van der Waals surface area (Å²) in [6, 6.07) is 10.1. The van der Waals surface area contributed by atoms with Crippen molar-refractivity contribution < 1.29 is 31.4 Å². The van der Waals surface area contributed by atoms with Gasteiger partial charge in [0, 0.05) is 0 Å². The van der Waals surface area contributed by atoms with Crippen LogP contribution in [0, 0.1) is 0 Å². The first-order chi connectivity index (χ1) is 10.7. The van der Waals surface area contributed by atoms with Crippen molar-refractivity contribution in [3.63, 3.8) is 0 Å². The van der Waals surface area contributed by atoms with Crippen molar-refractivity contribution >= 4 is 12.4 Å². The number of hydrogen-bond donors (Lipinski definition) is 1. The Morgan fingerprint density at radius 2 is 1.21 bits per heavy atom. The standard InChI is InChI=1S/C15H12F5NO2.ClH/c16-14(17)22-11-5-1-9(2-6-11)13(21)10-3-7-12(8-4-10)23-15(18,19)20;/h1-8,13-14H,21H2;1H/t13-;/m1./s1. The summed E-state index contributed by atoms with van der Waals surface area (Å²) in [6.45, 7) is -2.92. The van der Waals surface area contributed by atoms with Gasteiger partial charge in [0.2, 0.25) is 0 Å². The third-order valence-electron chi connectivity index (χ3n) is 2.94. The zero-order valence-electron chi connectivity index (χ0n) is 12.0. The second kappa shape index (κ2) is 8.16. The average molecular weight is 370 g/mol. The van der Waals surface area contributed by atoms with Crippen molar-refractivity contribution in [2.75, 3.05) is 0 Å². The highest BCUT2D eigenvalue weighted by Gasteiger charge is 2.31. The van der Waals surface area contributed by atoms with Crippen LogP contribution in [0.25, 0.3) is 0 Å². The zero-order valence-corrected chi connectivity index (χ0v) is 12.8. The van der Waals surface area contributed by atoms with E-state index >= 15 is 0 Å². The molecule has 0 aliphatic carbocycles. The number of rotatable bonds is 5. The number of ether oxygens (including phenoxy) is 2. The molecule has 2 N–H and O–H groups in total. The van der Waals surface area contributed by atoms with E-state index in [1.165, 1.54) is 36.4 Å². The lowest BCUT2D eigenvalue weighted by Crippen LogP contribution is -2.17. The van der Waals surface area contributed by atoms with E-state index in [1.54, 1.807) is 0 Å². The van der Waals surface area contributed by atoms with Gasteiger partial charge in [-0.3, -0.25) is 0 Å². The third kappa shape index (κ3) is 5.86. The van der Waals surface area contributed by atoms with Crippen molar-refractivity contribution in [2.24, 2.45) is 5.73 Å². The van der Waals surface area contributed by atoms with Gasteiger partial charge in [0.15, 0.2) is 0 Å². The van der Waals surface area contributed by atoms with Gasteiger partial charge < -0.3 is 15.2 Å². The largest absolute Gasteiger partial charge is 0.573 e. The first kappa shape index (κ1) is 20.0. The van der Waals surface area contributed by atoms with Crippen molar-refractivity contribution in [1.82, 2.24) is 0 Å². The molecule has 2 aromatic rings. The molecule has 0 amide bonds. The predicted molar refractivity (Wildman–Crippen MR) is 79.5 cm³/mol. The molecular formula is C15H13ClF5NO2. The molecule has 2 rings (SSSR count). The van der Waals surface area contributed by atoms with E-state index in [2.05, 4.69) is 9.47 Å². The van der Waals surface area contributed by atoms with Gasteiger partial charge >= 0.3 is 13.0 Å². The highest BCUT2D eigenvalue weighted by Crippen LogP contribution is 2.27. The quantitative estimate of drug-likeness (QED) is 0.780. The second-order valence-electron chi connectivity index (χ2n) is 4.54. The molecule has 0 fully saturated rings. The molecule has 0 aliphatic heterocycles. The molecule has 0 heterocycles. The minimum Gasteiger partial charge on any atom is -0.435 e. The molecule has 9 heteroatoms. The maximum absolute atomic E-state index is 12.1. The lowest BCUT2D eigenvalue weighted by atomic mass is 9.99. The fourth-order valence-corrected chi connectivity index (χ4v) is 1.93. The number of nitrogens with two attached hydrogens (primary N) is 1. The summed E-state index contributed by atoms with van der Waals surface area (Å²) in [5, 5.41) is 0. The predicted octanol–water partition coefficient (Wildman–Crippen LogP) is 4.66. The van der Waals surface area contributed by atoms with Gasteiger partial charge in [0.25, 0.3) is 0 Å². The highest BCUT2D eigenvalue weighted by molar-refractivity contribution is 5.85. The van der Waals surface area contributed by atoms with Crippen molar-refractivity contribution in [3.05, 3.63) is 59.7 Å². The van der Waals surface area contributed by atoms with Gasteiger partial charge in [0.05, 0.1) is 6.04 Å². The Hall–Kier alpha value is -2.06. The van der Waals surface area contributed by atoms with Crippen LogP contribution in [0.15, 0.2) is 48.5 Å². The molecule has 0 spiro atoms. The Morgan fingerprint density at radius 3 is 1.58 bits per heavy atom. The van der Waals surface area contributed by atoms with Crippen LogP contribution < -0.4 is 15.2 Å². The normalized spacial score (nSPS) is 12.5. The van der Waals surface area contributed by atoms with E-state index in [1.807, 2.05) is 0 Å². The number of hydrogen-bond acceptors (Lipinski definition) is 3. The smallest absolute Gasteiger partial charge is 0.435 e. The fourth-order valence-electron chi connectivity index (χ4n) is 1.93. The Morgan fingerprint density at radius 1 is 0.792 bits per heavy atom. The minimum atomic E-state index is -4.76. The van der Waals surface area contributed by atoms with Crippen LogP contribution in [0.5, 0.6) is 11.5 Å².